The minimum absolute atomic E-state index is 0.948. The van der Waals surface area contributed by atoms with Gasteiger partial charge in [-0.3, -0.25) is 0 Å². The van der Waals surface area contributed by atoms with E-state index in [4.69, 9.17) is 0 Å². The predicted octanol–water partition coefficient (Wildman–Crippen LogP) is 2.50. The first-order valence-electron chi connectivity index (χ1n) is 7.31. The average molecular weight is 224 g/mol. The molecule has 2 fully saturated rings. The van der Waals surface area contributed by atoms with Crippen molar-refractivity contribution in [1.29, 1.82) is 0 Å². The fraction of sp³-hybridized carbons (Fsp3) is 1.00. The van der Waals surface area contributed by atoms with Gasteiger partial charge in [-0.15, -0.1) is 0 Å². The van der Waals surface area contributed by atoms with Gasteiger partial charge in [-0.25, -0.2) is 0 Å². The van der Waals surface area contributed by atoms with Crippen molar-refractivity contribution in [3.8, 4) is 0 Å². The molecule has 2 nitrogen and oxygen atoms in total. The molecule has 2 rings (SSSR count). The Balaban J connectivity index is 1.53. The van der Waals surface area contributed by atoms with Crippen molar-refractivity contribution in [2.24, 2.45) is 11.8 Å². The molecular formula is C14H28N2. The van der Waals surface area contributed by atoms with Crippen LogP contribution in [-0.2, 0) is 0 Å². The molecular weight excluding hydrogens is 196 g/mol. The van der Waals surface area contributed by atoms with E-state index in [2.05, 4.69) is 17.1 Å². The summed E-state index contributed by atoms with van der Waals surface area (Å²) in [5.74, 6) is 1.94. The summed E-state index contributed by atoms with van der Waals surface area (Å²) < 4.78 is 0. The molecule has 0 atom stereocenters. The number of rotatable bonds is 5. The van der Waals surface area contributed by atoms with Gasteiger partial charge < -0.3 is 10.2 Å². The molecule has 0 spiro atoms. The number of hydrogen-bond acceptors (Lipinski definition) is 2. The zero-order valence-electron chi connectivity index (χ0n) is 10.9. The lowest BCUT2D eigenvalue weighted by Gasteiger charge is -2.31. The van der Waals surface area contributed by atoms with E-state index in [-0.39, 0.29) is 0 Å². The number of hydrogen-bond donors (Lipinski definition) is 1. The smallest absolute Gasteiger partial charge is 0.00157 e. The lowest BCUT2D eigenvalue weighted by atomic mass is 9.96. The van der Waals surface area contributed by atoms with E-state index in [0.717, 1.165) is 11.8 Å². The van der Waals surface area contributed by atoms with Crippen LogP contribution in [0.5, 0.6) is 0 Å². The molecule has 0 aromatic carbocycles. The Morgan fingerprint density at radius 3 is 2.06 bits per heavy atom. The van der Waals surface area contributed by atoms with Crippen molar-refractivity contribution in [3.05, 3.63) is 0 Å². The molecule has 1 aliphatic carbocycles. The molecule has 0 aromatic rings. The van der Waals surface area contributed by atoms with Crippen molar-refractivity contribution < 1.29 is 0 Å². The van der Waals surface area contributed by atoms with Gasteiger partial charge in [-0.1, -0.05) is 19.8 Å². The van der Waals surface area contributed by atoms with E-state index in [1.807, 2.05) is 0 Å². The van der Waals surface area contributed by atoms with Crippen LogP contribution in [0.4, 0.5) is 0 Å². The molecule has 1 heterocycles. The molecule has 2 aliphatic rings. The summed E-state index contributed by atoms with van der Waals surface area (Å²) in [6.45, 7) is 8.72. The second kappa shape index (κ2) is 6.61. The molecule has 2 heteroatoms. The van der Waals surface area contributed by atoms with Crippen LogP contribution in [0.1, 0.15) is 45.4 Å². The molecule has 1 saturated carbocycles. The summed E-state index contributed by atoms with van der Waals surface area (Å²) in [6.07, 6.45) is 8.71. The van der Waals surface area contributed by atoms with Crippen LogP contribution in [0.3, 0.4) is 0 Å². The van der Waals surface area contributed by atoms with Crippen molar-refractivity contribution in [2.75, 3.05) is 32.7 Å². The van der Waals surface area contributed by atoms with Crippen LogP contribution in [0.15, 0.2) is 0 Å². The van der Waals surface area contributed by atoms with E-state index in [1.54, 1.807) is 0 Å². The summed E-state index contributed by atoms with van der Waals surface area (Å²) in [5.41, 5.74) is 0. The Morgan fingerprint density at radius 1 is 0.938 bits per heavy atom. The van der Waals surface area contributed by atoms with E-state index in [9.17, 15) is 0 Å². The molecule has 1 aliphatic heterocycles. The van der Waals surface area contributed by atoms with Gasteiger partial charge in [0.05, 0.1) is 0 Å². The Kier molecular flexibility index (Phi) is 5.11. The van der Waals surface area contributed by atoms with Crippen LogP contribution in [0.25, 0.3) is 0 Å². The molecule has 0 unspecified atom stereocenters. The Morgan fingerprint density at radius 2 is 1.50 bits per heavy atom. The SMILES string of the molecule is CCN1CCC(CNCC2CCCC2)CC1. The molecule has 0 radical (unpaired) electrons. The lowest BCUT2D eigenvalue weighted by molar-refractivity contribution is 0.189. The highest BCUT2D eigenvalue weighted by Crippen LogP contribution is 2.24. The van der Waals surface area contributed by atoms with Gasteiger partial charge in [-0.2, -0.15) is 0 Å². The quantitative estimate of drug-likeness (QED) is 0.772. The number of piperidine rings is 1. The highest BCUT2D eigenvalue weighted by atomic mass is 15.1. The molecule has 16 heavy (non-hydrogen) atoms. The van der Waals surface area contributed by atoms with Crippen LogP contribution in [-0.4, -0.2) is 37.6 Å². The van der Waals surface area contributed by atoms with Gasteiger partial charge in [0, 0.05) is 0 Å². The molecule has 0 aromatic heterocycles. The minimum atomic E-state index is 0.948. The van der Waals surface area contributed by atoms with Crippen molar-refractivity contribution in [3.63, 3.8) is 0 Å². The highest BCUT2D eigenvalue weighted by molar-refractivity contribution is 4.75. The predicted molar refractivity (Wildman–Crippen MR) is 69.7 cm³/mol. The first kappa shape index (κ1) is 12.4. The lowest BCUT2D eigenvalue weighted by Crippen LogP contribution is -2.37. The maximum absolute atomic E-state index is 3.71. The molecule has 0 amide bonds. The summed E-state index contributed by atoms with van der Waals surface area (Å²) in [6, 6.07) is 0. The minimum Gasteiger partial charge on any atom is -0.316 e. The fourth-order valence-electron chi connectivity index (χ4n) is 3.21. The van der Waals surface area contributed by atoms with E-state index in [0.29, 0.717) is 0 Å². The monoisotopic (exact) mass is 224 g/mol. The van der Waals surface area contributed by atoms with Crippen molar-refractivity contribution in [1.82, 2.24) is 10.2 Å². The Hall–Kier alpha value is -0.0800. The largest absolute Gasteiger partial charge is 0.316 e. The van der Waals surface area contributed by atoms with Gasteiger partial charge in [0.2, 0.25) is 0 Å². The normalized spacial score (nSPS) is 25.3. The number of nitrogens with one attached hydrogen (secondary N) is 1. The van der Waals surface area contributed by atoms with Gasteiger partial charge in [0.15, 0.2) is 0 Å². The van der Waals surface area contributed by atoms with Gasteiger partial charge >= 0.3 is 0 Å². The van der Waals surface area contributed by atoms with Crippen molar-refractivity contribution >= 4 is 0 Å². The fourth-order valence-corrected chi connectivity index (χ4v) is 3.21. The summed E-state index contributed by atoms with van der Waals surface area (Å²) >= 11 is 0. The van der Waals surface area contributed by atoms with Gasteiger partial charge in [0.25, 0.3) is 0 Å². The third kappa shape index (κ3) is 3.74. The maximum atomic E-state index is 3.71. The Labute approximate surface area is 101 Å². The van der Waals surface area contributed by atoms with Crippen LogP contribution in [0, 0.1) is 11.8 Å². The highest BCUT2D eigenvalue weighted by Gasteiger charge is 2.19. The maximum Gasteiger partial charge on any atom is -0.00157 e. The van der Waals surface area contributed by atoms with Gasteiger partial charge in [0.1, 0.15) is 0 Å². The second-order valence-electron chi connectivity index (χ2n) is 5.69. The average Bonchev–Trinajstić information content (AvgIpc) is 2.83. The first-order valence-corrected chi connectivity index (χ1v) is 7.31. The summed E-state index contributed by atoms with van der Waals surface area (Å²) in [4.78, 5) is 2.58. The summed E-state index contributed by atoms with van der Waals surface area (Å²) in [5, 5.41) is 3.71. The van der Waals surface area contributed by atoms with Crippen LogP contribution < -0.4 is 5.32 Å². The summed E-state index contributed by atoms with van der Waals surface area (Å²) in [7, 11) is 0. The van der Waals surface area contributed by atoms with E-state index < -0.39 is 0 Å². The van der Waals surface area contributed by atoms with Gasteiger partial charge in [-0.05, 0) is 70.2 Å². The molecule has 1 N–H and O–H groups in total. The number of likely N-dealkylation sites (tertiary alicyclic amines) is 1. The van der Waals surface area contributed by atoms with Crippen LogP contribution in [0.2, 0.25) is 0 Å². The van der Waals surface area contributed by atoms with E-state index >= 15 is 0 Å². The van der Waals surface area contributed by atoms with Crippen molar-refractivity contribution in [2.45, 2.75) is 45.4 Å². The first-order chi connectivity index (χ1) is 7.88. The van der Waals surface area contributed by atoms with E-state index in [1.165, 1.54) is 71.2 Å². The Bertz CT molecular complexity index is 179. The molecule has 1 saturated heterocycles. The molecule has 0 bridgehead atoms. The third-order valence-corrected chi connectivity index (χ3v) is 4.50. The zero-order chi connectivity index (χ0) is 11.2. The number of nitrogens with zero attached hydrogens (tertiary/aromatic N) is 1. The second-order valence-corrected chi connectivity index (χ2v) is 5.69. The standard InChI is InChI=1S/C14H28N2/c1-2-16-9-7-14(8-10-16)12-15-11-13-5-3-4-6-13/h13-15H,2-12H2,1H3. The third-order valence-electron chi connectivity index (χ3n) is 4.50. The molecule has 94 valence electrons. The van der Waals surface area contributed by atoms with Crippen LogP contribution >= 0.6 is 0 Å². The zero-order valence-corrected chi connectivity index (χ0v) is 10.9. The topological polar surface area (TPSA) is 15.3 Å².